The summed E-state index contributed by atoms with van der Waals surface area (Å²) in [6.07, 6.45) is 2.13. The number of nitrogens with zero attached hydrogens (tertiary/aromatic N) is 1. The molecule has 23 heavy (non-hydrogen) atoms. The van der Waals surface area contributed by atoms with Gasteiger partial charge in [-0.25, -0.2) is 9.21 Å². The van der Waals surface area contributed by atoms with Crippen molar-refractivity contribution in [2.45, 2.75) is 45.2 Å². The first-order valence-corrected chi connectivity index (χ1v) is 8.19. The third kappa shape index (κ3) is 7.01. The molecule has 6 heteroatoms. The highest BCUT2D eigenvalue weighted by Gasteiger charge is 2.26. The van der Waals surface area contributed by atoms with E-state index in [4.69, 9.17) is 16.5 Å². The summed E-state index contributed by atoms with van der Waals surface area (Å²) in [5.41, 5.74) is 0.956. The molecule has 0 saturated heterocycles. The van der Waals surface area contributed by atoms with Crippen LogP contribution in [-0.4, -0.2) is 42.0 Å². The molecule has 1 aromatic carbocycles. The Hall–Kier alpha value is -1.59. The van der Waals surface area contributed by atoms with E-state index in [1.165, 1.54) is 4.42 Å². The molecule has 1 N–H and O–H groups in total. The van der Waals surface area contributed by atoms with E-state index >= 15 is 0 Å². The summed E-state index contributed by atoms with van der Waals surface area (Å²) in [5.74, 6) is -0.726. The highest BCUT2D eigenvalue weighted by Crippen LogP contribution is 2.07. The SMILES string of the molecule is CCCCOC(=O)[C@@H](Cc1ccccc1)NC(=O)[C@@H](C)N(C)Cl. The molecule has 0 radical (unpaired) electrons. The number of carbonyl (C=O) groups excluding carboxylic acids is 2. The molecular weight excluding hydrogens is 316 g/mol. The van der Waals surface area contributed by atoms with Gasteiger partial charge in [0.05, 0.1) is 6.61 Å². The summed E-state index contributed by atoms with van der Waals surface area (Å²) >= 11 is 5.81. The summed E-state index contributed by atoms with van der Waals surface area (Å²) in [7, 11) is 1.59. The summed E-state index contributed by atoms with van der Waals surface area (Å²) in [6, 6.07) is 8.25. The van der Waals surface area contributed by atoms with Crippen molar-refractivity contribution in [3.63, 3.8) is 0 Å². The van der Waals surface area contributed by atoms with Crippen LogP contribution in [0.1, 0.15) is 32.3 Å². The number of nitrogens with one attached hydrogen (secondary N) is 1. The number of likely N-dealkylation sites (N-methyl/N-ethyl adjacent to an activating group) is 1. The van der Waals surface area contributed by atoms with Crippen LogP contribution in [0.4, 0.5) is 0 Å². The van der Waals surface area contributed by atoms with Crippen molar-refractivity contribution in [1.29, 1.82) is 0 Å². The standard InChI is InChI=1S/C17H25ClN2O3/c1-4-5-11-23-17(22)15(12-14-9-7-6-8-10-14)19-16(21)13(2)20(3)18/h6-10,13,15H,4-5,11-12H2,1-3H3,(H,19,21)/t13-,15-/m1/s1. The molecule has 2 atom stereocenters. The van der Waals surface area contributed by atoms with Crippen molar-refractivity contribution in [1.82, 2.24) is 9.74 Å². The van der Waals surface area contributed by atoms with E-state index in [2.05, 4.69) is 5.32 Å². The number of hydrogen-bond donors (Lipinski definition) is 1. The number of esters is 1. The van der Waals surface area contributed by atoms with E-state index in [0.29, 0.717) is 13.0 Å². The Labute approximate surface area is 143 Å². The molecule has 0 bridgehead atoms. The first-order valence-electron chi connectivity index (χ1n) is 7.85. The first-order chi connectivity index (χ1) is 11.0. The van der Waals surface area contributed by atoms with Crippen LogP contribution in [-0.2, 0) is 20.7 Å². The second kappa shape index (κ2) is 10.2. The zero-order valence-corrected chi connectivity index (χ0v) is 14.7. The third-order valence-electron chi connectivity index (χ3n) is 3.54. The molecule has 0 aliphatic carbocycles. The van der Waals surface area contributed by atoms with Gasteiger partial charge in [-0.15, -0.1) is 0 Å². The number of unbranched alkanes of at least 4 members (excludes halogenated alkanes) is 1. The minimum absolute atomic E-state index is 0.309. The fourth-order valence-electron chi connectivity index (χ4n) is 1.91. The van der Waals surface area contributed by atoms with Crippen molar-refractivity contribution in [2.24, 2.45) is 0 Å². The number of halogens is 1. The topological polar surface area (TPSA) is 58.6 Å². The highest BCUT2D eigenvalue weighted by atomic mass is 35.5. The Bertz CT molecular complexity index is 494. The summed E-state index contributed by atoms with van der Waals surface area (Å²) in [6.45, 7) is 4.06. The molecule has 128 valence electrons. The maximum atomic E-state index is 12.3. The summed E-state index contributed by atoms with van der Waals surface area (Å²) in [5, 5.41) is 2.73. The molecule has 0 heterocycles. The van der Waals surface area contributed by atoms with Crippen molar-refractivity contribution in [3.05, 3.63) is 35.9 Å². The first kappa shape index (κ1) is 19.5. The maximum absolute atomic E-state index is 12.3. The van der Waals surface area contributed by atoms with E-state index in [1.54, 1.807) is 14.0 Å². The van der Waals surface area contributed by atoms with Crippen LogP contribution in [0.2, 0.25) is 0 Å². The van der Waals surface area contributed by atoms with Crippen LogP contribution in [0.3, 0.4) is 0 Å². The van der Waals surface area contributed by atoms with E-state index in [0.717, 1.165) is 18.4 Å². The monoisotopic (exact) mass is 340 g/mol. The fraction of sp³-hybridized carbons (Fsp3) is 0.529. The molecular formula is C17H25ClN2O3. The van der Waals surface area contributed by atoms with Crippen molar-refractivity contribution in [2.75, 3.05) is 13.7 Å². The number of benzene rings is 1. The largest absolute Gasteiger partial charge is 0.464 e. The molecule has 1 amide bonds. The van der Waals surface area contributed by atoms with Gasteiger partial charge in [0.1, 0.15) is 12.1 Å². The fourth-order valence-corrected chi connectivity index (χ4v) is 2.00. The molecule has 0 aliphatic heterocycles. The lowest BCUT2D eigenvalue weighted by atomic mass is 10.1. The van der Waals surface area contributed by atoms with Crippen LogP contribution in [0.15, 0.2) is 30.3 Å². The lowest BCUT2D eigenvalue weighted by Crippen LogP contribution is -2.49. The lowest BCUT2D eigenvalue weighted by Gasteiger charge is -2.22. The highest BCUT2D eigenvalue weighted by molar-refractivity contribution is 6.14. The second-order valence-electron chi connectivity index (χ2n) is 5.47. The minimum Gasteiger partial charge on any atom is -0.464 e. The van der Waals surface area contributed by atoms with Crippen molar-refractivity contribution >= 4 is 23.7 Å². The van der Waals surface area contributed by atoms with Gasteiger partial charge in [0.15, 0.2) is 0 Å². The quantitative estimate of drug-likeness (QED) is 0.426. The molecule has 0 fully saturated rings. The van der Waals surface area contributed by atoms with Gasteiger partial charge < -0.3 is 10.1 Å². The van der Waals surface area contributed by atoms with Crippen molar-refractivity contribution < 1.29 is 14.3 Å². The van der Waals surface area contributed by atoms with Gasteiger partial charge in [0.25, 0.3) is 0 Å². The summed E-state index contributed by atoms with van der Waals surface area (Å²) < 4.78 is 6.53. The van der Waals surface area contributed by atoms with Crippen LogP contribution in [0.5, 0.6) is 0 Å². The average Bonchev–Trinajstić information content (AvgIpc) is 2.54. The molecule has 0 aromatic heterocycles. The molecule has 0 spiro atoms. The molecule has 5 nitrogen and oxygen atoms in total. The van der Waals surface area contributed by atoms with Crippen LogP contribution < -0.4 is 5.32 Å². The van der Waals surface area contributed by atoms with Crippen LogP contribution >= 0.6 is 11.8 Å². The molecule has 0 aliphatic rings. The Morgan fingerprint density at radius 3 is 2.52 bits per heavy atom. The van der Waals surface area contributed by atoms with Gasteiger partial charge in [-0.05, 0) is 30.7 Å². The van der Waals surface area contributed by atoms with Gasteiger partial charge in [-0.2, -0.15) is 0 Å². The zero-order valence-electron chi connectivity index (χ0n) is 13.9. The van der Waals surface area contributed by atoms with Crippen LogP contribution in [0.25, 0.3) is 0 Å². The summed E-state index contributed by atoms with van der Waals surface area (Å²) in [4.78, 5) is 24.4. The predicted molar refractivity (Wildman–Crippen MR) is 91.0 cm³/mol. The van der Waals surface area contributed by atoms with E-state index in [1.807, 2.05) is 37.3 Å². The van der Waals surface area contributed by atoms with E-state index in [9.17, 15) is 9.59 Å². The number of carbonyl (C=O) groups is 2. The van der Waals surface area contributed by atoms with Gasteiger partial charge in [-0.3, -0.25) is 4.79 Å². The molecule has 0 unspecified atom stereocenters. The molecule has 0 saturated carbocycles. The Morgan fingerprint density at radius 1 is 1.30 bits per heavy atom. The normalized spacial score (nSPS) is 13.4. The third-order valence-corrected chi connectivity index (χ3v) is 3.83. The second-order valence-corrected chi connectivity index (χ2v) is 6.01. The van der Waals surface area contributed by atoms with E-state index < -0.39 is 18.1 Å². The lowest BCUT2D eigenvalue weighted by molar-refractivity contribution is -0.148. The average molecular weight is 341 g/mol. The Kier molecular flexibility index (Phi) is 8.66. The van der Waals surface area contributed by atoms with Gasteiger partial charge in [0, 0.05) is 13.5 Å². The Balaban J connectivity index is 2.75. The smallest absolute Gasteiger partial charge is 0.328 e. The van der Waals surface area contributed by atoms with Gasteiger partial charge in [-0.1, -0.05) is 43.7 Å². The zero-order chi connectivity index (χ0) is 17.2. The number of amides is 1. The maximum Gasteiger partial charge on any atom is 0.328 e. The van der Waals surface area contributed by atoms with Gasteiger partial charge in [0.2, 0.25) is 5.91 Å². The number of hydrogen-bond acceptors (Lipinski definition) is 4. The predicted octanol–water partition coefficient (Wildman–Crippen LogP) is 2.53. The Morgan fingerprint density at radius 2 is 1.96 bits per heavy atom. The molecule has 1 rings (SSSR count). The molecule has 1 aromatic rings. The van der Waals surface area contributed by atoms with E-state index in [-0.39, 0.29) is 5.91 Å². The number of ether oxygens (including phenoxy) is 1. The van der Waals surface area contributed by atoms with Gasteiger partial charge >= 0.3 is 5.97 Å². The van der Waals surface area contributed by atoms with Crippen molar-refractivity contribution in [3.8, 4) is 0 Å². The number of rotatable bonds is 9. The van der Waals surface area contributed by atoms with Crippen LogP contribution in [0, 0.1) is 0 Å². The minimum atomic E-state index is -0.721.